The maximum atomic E-state index is 12.9. The van der Waals surface area contributed by atoms with Crippen LogP contribution in [-0.2, 0) is 14.8 Å². The molecule has 0 saturated carbocycles. The van der Waals surface area contributed by atoms with Gasteiger partial charge in [-0.15, -0.1) is 0 Å². The van der Waals surface area contributed by atoms with Crippen LogP contribution in [0.25, 0.3) is 11.0 Å². The Morgan fingerprint density at radius 2 is 1.59 bits per heavy atom. The fraction of sp³-hybridized carbons (Fsp3) is 0.300. The number of halogens is 1. The van der Waals surface area contributed by atoms with Crippen molar-refractivity contribution >= 4 is 44.3 Å². The summed E-state index contributed by atoms with van der Waals surface area (Å²) in [6, 6.07) is 13.4. The van der Waals surface area contributed by atoms with Gasteiger partial charge in [-0.2, -0.15) is 0 Å². The van der Waals surface area contributed by atoms with Crippen molar-refractivity contribution < 1.29 is 13.2 Å². The van der Waals surface area contributed by atoms with Crippen molar-refractivity contribution in [3.63, 3.8) is 0 Å². The standard InChI is InChI=1S/C20H21ClN4O3S/c1-13-11-25(12-14(2)28-13)20-19(22-17-5-3-4-6-18(17)23-20)24-29(26,27)16-9-7-15(21)8-10-16/h3-10,13-14H,11-12H2,1-2H3,(H,22,24)/t13-,14-/m1/s1. The molecule has 1 aromatic heterocycles. The van der Waals surface area contributed by atoms with Gasteiger partial charge in [-0.1, -0.05) is 23.7 Å². The quantitative estimate of drug-likeness (QED) is 0.676. The number of nitrogens with zero attached hydrogens (tertiary/aromatic N) is 3. The van der Waals surface area contributed by atoms with Gasteiger partial charge in [0, 0.05) is 18.1 Å². The van der Waals surface area contributed by atoms with Gasteiger partial charge in [0.2, 0.25) is 0 Å². The van der Waals surface area contributed by atoms with Crippen LogP contribution in [0.2, 0.25) is 5.02 Å². The van der Waals surface area contributed by atoms with E-state index in [2.05, 4.69) is 9.71 Å². The van der Waals surface area contributed by atoms with E-state index >= 15 is 0 Å². The predicted octanol–water partition coefficient (Wildman–Crippen LogP) is 3.70. The molecule has 1 saturated heterocycles. The predicted molar refractivity (Wildman–Crippen MR) is 114 cm³/mol. The molecule has 4 rings (SSSR count). The molecular weight excluding hydrogens is 412 g/mol. The molecule has 2 aromatic carbocycles. The van der Waals surface area contributed by atoms with E-state index in [0.717, 1.165) is 0 Å². The third kappa shape index (κ3) is 4.29. The largest absolute Gasteiger partial charge is 0.372 e. The molecule has 152 valence electrons. The van der Waals surface area contributed by atoms with Crippen LogP contribution in [0, 0.1) is 0 Å². The summed E-state index contributed by atoms with van der Waals surface area (Å²) >= 11 is 5.89. The van der Waals surface area contributed by atoms with Crippen molar-refractivity contribution in [2.75, 3.05) is 22.7 Å². The van der Waals surface area contributed by atoms with Gasteiger partial charge in [-0.3, -0.25) is 4.72 Å². The number of anilines is 2. The van der Waals surface area contributed by atoms with Crippen LogP contribution in [0.3, 0.4) is 0 Å². The van der Waals surface area contributed by atoms with Crippen LogP contribution in [0.15, 0.2) is 53.4 Å². The number of morpholine rings is 1. The van der Waals surface area contributed by atoms with Crippen LogP contribution in [-0.4, -0.2) is 43.7 Å². The molecule has 0 unspecified atom stereocenters. The minimum Gasteiger partial charge on any atom is -0.372 e. The lowest BCUT2D eigenvalue weighted by Crippen LogP contribution is -2.46. The van der Waals surface area contributed by atoms with Crippen molar-refractivity contribution in [1.29, 1.82) is 0 Å². The Morgan fingerprint density at radius 3 is 2.21 bits per heavy atom. The van der Waals surface area contributed by atoms with E-state index in [9.17, 15) is 8.42 Å². The first-order chi connectivity index (χ1) is 13.8. The van der Waals surface area contributed by atoms with Gasteiger partial charge in [0.05, 0.1) is 28.1 Å². The van der Waals surface area contributed by atoms with Gasteiger partial charge in [0.1, 0.15) is 0 Å². The van der Waals surface area contributed by atoms with Crippen molar-refractivity contribution in [2.24, 2.45) is 0 Å². The monoisotopic (exact) mass is 432 g/mol. The van der Waals surface area contributed by atoms with Crippen molar-refractivity contribution in [2.45, 2.75) is 31.0 Å². The van der Waals surface area contributed by atoms with E-state index in [1.807, 2.05) is 36.9 Å². The molecule has 2 atom stereocenters. The van der Waals surface area contributed by atoms with Crippen molar-refractivity contribution in [3.8, 4) is 0 Å². The minimum atomic E-state index is -3.86. The molecule has 1 N–H and O–H groups in total. The Morgan fingerprint density at radius 1 is 1.00 bits per heavy atom. The maximum Gasteiger partial charge on any atom is 0.263 e. The zero-order chi connectivity index (χ0) is 20.6. The summed E-state index contributed by atoms with van der Waals surface area (Å²) in [5.41, 5.74) is 1.31. The highest BCUT2D eigenvalue weighted by atomic mass is 35.5. The van der Waals surface area contributed by atoms with Crippen LogP contribution in [0.5, 0.6) is 0 Å². The fourth-order valence-corrected chi connectivity index (χ4v) is 4.56. The summed E-state index contributed by atoms with van der Waals surface area (Å²) in [6.07, 6.45) is -0.0134. The first kappa shape index (κ1) is 19.9. The van der Waals surface area contributed by atoms with Gasteiger partial charge < -0.3 is 9.64 Å². The van der Waals surface area contributed by atoms with E-state index in [4.69, 9.17) is 21.3 Å². The lowest BCUT2D eigenvalue weighted by Gasteiger charge is -2.36. The second kappa shape index (κ2) is 7.78. The highest BCUT2D eigenvalue weighted by Crippen LogP contribution is 2.29. The van der Waals surface area contributed by atoms with Crippen LogP contribution < -0.4 is 9.62 Å². The highest BCUT2D eigenvalue weighted by Gasteiger charge is 2.28. The zero-order valence-corrected chi connectivity index (χ0v) is 17.6. The number of rotatable bonds is 4. The van der Waals surface area contributed by atoms with Crippen LogP contribution >= 0.6 is 11.6 Å². The molecule has 0 bridgehead atoms. The van der Waals surface area contributed by atoms with Gasteiger partial charge >= 0.3 is 0 Å². The number of benzene rings is 2. The van der Waals surface area contributed by atoms with E-state index in [1.165, 1.54) is 24.3 Å². The molecule has 0 spiro atoms. The minimum absolute atomic E-state index is 0.00672. The van der Waals surface area contributed by atoms with Crippen LogP contribution in [0.1, 0.15) is 13.8 Å². The number of hydrogen-bond acceptors (Lipinski definition) is 6. The van der Waals surface area contributed by atoms with E-state index in [-0.39, 0.29) is 22.9 Å². The van der Waals surface area contributed by atoms with Crippen LogP contribution in [0.4, 0.5) is 11.6 Å². The van der Waals surface area contributed by atoms with E-state index in [1.54, 1.807) is 6.07 Å². The van der Waals surface area contributed by atoms with E-state index in [0.29, 0.717) is 35.0 Å². The van der Waals surface area contributed by atoms with Crippen molar-refractivity contribution in [1.82, 2.24) is 9.97 Å². The lowest BCUT2D eigenvalue weighted by molar-refractivity contribution is -0.00540. The topological polar surface area (TPSA) is 84.4 Å². The number of nitrogens with one attached hydrogen (secondary N) is 1. The number of sulfonamides is 1. The summed E-state index contributed by atoms with van der Waals surface area (Å²) in [7, 11) is -3.86. The molecule has 0 radical (unpaired) electrons. The Kier molecular flexibility index (Phi) is 5.33. The molecule has 0 aliphatic carbocycles. The Bertz CT molecular complexity index is 1130. The second-order valence-corrected chi connectivity index (χ2v) is 9.23. The molecule has 1 fully saturated rings. The molecular formula is C20H21ClN4O3S. The average Bonchev–Trinajstić information content (AvgIpc) is 2.66. The molecule has 29 heavy (non-hydrogen) atoms. The SMILES string of the molecule is C[C@@H]1CN(c2nc3ccccc3nc2NS(=O)(=O)c2ccc(Cl)cc2)C[C@@H](C)O1. The molecule has 9 heteroatoms. The number of hydrogen-bond donors (Lipinski definition) is 1. The third-order valence-electron chi connectivity index (χ3n) is 4.63. The first-order valence-corrected chi connectivity index (χ1v) is 11.1. The number of ether oxygens (including phenoxy) is 1. The van der Waals surface area contributed by atoms with Gasteiger partial charge in [0.25, 0.3) is 10.0 Å². The number of fused-ring (bicyclic) bond motifs is 1. The lowest BCUT2D eigenvalue weighted by atomic mass is 10.2. The maximum absolute atomic E-state index is 12.9. The van der Waals surface area contributed by atoms with Gasteiger partial charge in [-0.05, 0) is 50.2 Å². The van der Waals surface area contributed by atoms with Crippen molar-refractivity contribution in [3.05, 3.63) is 53.6 Å². The average molecular weight is 433 g/mol. The third-order valence-corrected chi connectivity index (χ3v) is 6.23. The smallest absolute Gasteiger partial charge is 0.263 e. The molecule has 1 aliphatic heterocycles. The van der Waals surface area contributed by atoms with Gasteiger partial charge in [-0.25, -0.2) is 18.4 Å². The summed E-state index contributed by atoms with van der Waals surface area (Å²) in [6.45, 7) is 5.14. The van der Waals surface area contributed by atoms with E-state index < -0.39 is 10.0 Å². The molecule has 2 heterocycles. The molecule has 7 nitrogen and oxygen atoms in total. The van der Waals surface area contributed by atoms with Gasteiger partial charge in [0.15, 0.2) is 11.6 Å². The Labute approximate surface area is 174 Å². The zero-order valence-electron chi connectivity index (χ0n) is 16.0. The second-order valence-electron chi connectivity index (χ2n) is 7.11. The summed E-state index contributed by atoms with van der Waals surface area (Å²) in [5.74, 6) is 0.684. The fourth-order valence-electron chi connectivity index (χ4n) is 3.43. The summed E-state index contributed by atoms with van der Waals surface area (Å²) in [4.78, 5) is 11.4. The molecule has 0 amide bonds. The normalized spacial score (nSPS) is 20.0. The number of aromatic nitrogens is 2. The number of para-hydroxylation sites is 2. The Balaban J connectivity index is 1.78. The first-order valence-electron chi connectivity index (χ1n) is 9.27. The molecule has 3 aromatic rings. The highest BCUT2D eigenvalue weighted by molar-refractivity contribution is 7.92. The molecule has 1 aliphatic rings. The summed E-state index contributed by atoms with van der Waals surface area (Å²) < 4.78 is 34.3. The summed E-state index contributed by atoms with van der Waals surface area (Å²) in [5, 5.41) is 0.464. The Hall–Kier alpha value is -2.42.